The van der Waals surface area contributed by atoms with Gasteiger partial charge in [-0.15, -0.1) is 11.8 Å². The van der Waals surface area contributed by atoms with Crippen molar-refractivity contribution in [3.8, 4) is 0 Å². The van der Waals surface area contributed by atoms with Gasteiger partial charge in [-0.1, -0.05) is 80.6 Å². The zero-order valence-corrected chi connectivity index (χ0v) is 42.8. The summed E-state index contributed by atoms with van der Waals surface area (Å²) >= 11 is 2.70. The molecule has 0 amide bonds. The second-order valence-electron chi connectivity index (χ2n) is 17.4. The van der Waals surface area contributed by atoms with Crippen LogP contribution in [0.2, 0.25) is 0 Å². The molecule has 1 atom stereocenters. The van der Waals surface area contributed by atoms with Gasteiger partial charge in [0.25, 0.3) is 0 Å². The Bertz CT molecular complexity index is 2670. The summed E-state index contributed by atoms with van der Waals surface area (Å²) in [7, 11) is -2.71. The first-order valence-electron chi connectivity index (χ1n) is 21.8. The van der Waals surface area contributed by atoms with Crippen LogP contribution < -0.4 is 39.7 Å². The summed E-state index contributed by atoms with van der Waals surface area (Å²) in [6.45, 7) is 12.5. The molecule has 0 bridgehead atoms. The summed E-state index contributed by atoms with van der Waals surface area (Å²) in [6, 6.07) is 25.2. The molecule has 1 aliphatic carbocycles. The van der Waals surface area contributed by atoms with Crippen LogP contribution in [0, 0.1) is 5.92 Å². The van der Waals surface area contributed by atoms with E-state index in [2.05, 4.69) is 132 Å². The molecule has 65 heavy (non-hydrogen) atoms. The van der Waals surface area contributed by atoms with Crippen LogP contribution in [-0.2, 0) is 44.6 Å². The Labute approximate surface area is 414 Å². The molecule has 2 aliphatic heterocycles. The van der Waals surface area contributed by atoms with Gasteiger partial charge in [-0.2, -0.15) is 8.91 Å². The van der Waals surface area contributed by atoms with Crippen molar-refractivity contribution in [1.29, 1.82) is 0 Å². The molecule has 0 aromatic heterocycles. The molecule has 0 fully saturated rings. The summed E-state index contributed by atoms with van der Waals surface area (Å²) in [5, 5.41) is 18.7. The van der Waals surface area contributed by atoms with Crippen molar-refractivity contribution in [2.24, 2.45) is 5.92 Å². The number of hydrogen-bond acceptors (Lipinski definition) is 12. The minimum absolute atomic E-state index is 0. The van der Waals surface area contributed by atoms with E-state index in [1.54, 1.807) is 18.9 Å². The molecule has 0 spiro atoms. The standard InChI is InChI=1S/C50H58N2O9S3.Na/c1-7-59-48(53)38-32-36(20-24-43-49(2,3)45-39-16-10-8-14-34(39)18-22-41(45)51(43)26-12-29-63-61-60-54)47(62-30-28-58-6)37(33-38)21-25-44-50(4,5)46-40-17-11-9-15-35(40)19-23-42(46)52(44)27-13-31-64(55,56)57;/h8-11,14-25,38H,7,12-13,26-33H2,1-6H3,(H-,54,55,56,57);/q;+1/p-1. The number of ether oxygens (including phenoxy) is 2. The summed E-state index contributed by atoms with van der Waals surface area (Å²) in [4.78, 5) is 17.0. The van der Waals surface area contributed by atoms with E-state index in [4.69, 9.17) is 9.47 Å². The predicted octanol–water partition coefficient (Wildman–Crippen LogP) is 6.34. The Hall–Kier alpha value is -3.25. The van der Waals surface area contributed by atoms with Gasteiger partial charge < -0.3 is 24.2 Å². The van der Waals surface area contributed by atoms with Gasteiger partial charge in [-0.25, -0.2) is 8.42 Å². The first-order valence-corrected chi connectivity index (χ1v) is 25.3. The zero-order valence-electron chi connectivity index (χ0n) is 38.4. The summed E-state index contributed by atoms with van der Waals surface area (Å²) < 4.78 is 53.5. The third kappa shape index (κ3) is 11.2. The normalized spacial score (nSPS) is 19.2. The first-order chi connectivity index (χ1) is 30.7. The van der Waals surface area contributed by atoms with E-state index in [9.17, 15) is 23.0 Å². The van der Waals surface area contributed by atoms with E-state index in [0.29, 0.717) is 44.0 Å². The monoisotopic (exact) mass is 948 g/mol. The average molecular weight is 949 g/mol. The quantitative estimate of drug-likeness (QED) is 0.0152. The zero-order chi connectivity index (χ0) is 45.6. The molecule has 340 valence electrons. The van der Waals surface area contributed by atoms with Crippen LogP contribution in [0.1, 0.15) is 71.4 Å². The van der Waals surface area contributed by atoms with Crippen LogP contribution in [0.3, 0.4) is 0 Å². The van der Waals surface area contributed by atoms with Gasteiger partial charge in [-0.3, -0.25) is 9.83 Å². The van der Waals surface area contributed by atoms with Gasteiger partial charge >= 0.3 is 35.5 Å². The fraction of sp³-hybridized carbons (Fsp3) is 0.400. The maximum absolute atomic E-state index is 13.8. The number of esters is 1. The molecule has 15 heteroatoms. The molecular formula is C50H57N2NaO9S3. The maximum atomic E-state index is 13.8. The number of carbonyl (C=O) groups is 1. The van der Waals surface area contributed by atoms with Crippen LogP contribution in [0.4, 0.5) is 11.4 Å². The van der Waals surface area contributed by atoms with Crippen LogP contribution in [0.15, 0.2) is 119 Å². The molecule has 7 rings (SSSR count). The molecule has 0 radical (unpaired) electrons. The number of carbonyl (C=O) groups excluding carboxylic acids is 1. The summed E-state index contributed by atoms with van der Waals surface area (Å²) in [5.74, 6) is 0.122. The topological polar surface area (TPSA) is 140 Å². The second-order valence-corrected chi connectivity index (χ2v) is 20.8. The van der Waals surface area contributed by atoms with Gasteiger partial charge in [0.15, 0.2) is 5.71 Å². The van der Waals surface area contributed by atoms with Crippen molar-refractivity contribution in [1.82, 2.24) is 0 Å². The van der Waals surface area contributed by atoms with Gasteiger partial charge in [-0.05, 0) is 96.5 Å². The van der Waals surface area contributed by atoms with Crippen LogP contribution in [0.5, 0.6) is 0 Å². The van der Waals surface area contributed by atoms with E-state index in [1.807, 2.05) is 19.1 Å². The second kappa shape index (κ2) is 22.2. The number of allylic oxidation sites excluding steroid dienone is 7. The SMILES string of the molecule is CCOC(=O)C1CC(/C=C/C2=[N+](CCCSOO[O-])c3ccc4ccccc4c3C2(C)C)=C(SCCOC)C(=C/C=C2N(CCCS(=O)(=O)[O-])c3ccc4ccccc4c3C2(C)C)/C1.[Na+]. The van der Waals surface area contributed by atoms with Crippen LogP contribution in [0.25, 0.3) is 21.5 Å². The minimum atomic E-state index is -4.41. The summed E-state index contributed by atoms with van der Waals surface area (Å²) in [6.07, 6.45) is 10.5. The van der Waals surface area contributed by atoms with E-state index in [-0.39, 0.29) is 48.6 Å². The van der Waals surface area contributed by atoms with Gasteiger partial charge in [0.05, 0.1) is 34.7 Å². The largest absolute Gasteiger partial charge is 1.00 e. The average Bonchev–Trinajstić information content (AvgIpc) is 3.62. The molecule has 2 heterocycles. The van der Waals surface area contributed by atoms with Crippen molar-refractivity contribution in [3.05, 3.63) is 130 Å². The van der Waals surface area contributed by atoms with Crippen molar-refractivity contribution < 1.29 is 76.0 Å². The fourth-order valence-electron chi connectivity index (χ4n) is 9.77. The number of thioether (sulfide) groups is 1. The molecule has 11 nitrogen and oxygen atoms in total. The Morgan fingerprint density at radius 2 is 1.58 bits per heavy atom. The van der Waals surface area contributed by atoms with Gasteiger partial charge in [0.2, 0.25) is 5.69 Å². The smallest absolute Gasteiger partial charge is 0.748 e. The Balaban J connectivity index is 0.00000700. The van der Waals surface area contributed by atoms with E-state index >= 15 is 0 Å². The first kappa shape index (κ1) is 51.1. The number of anilines is 1. The van der Waals surface area contributed by atoms with Crippen molar-refractivity contribution in [2.45, 2.75) is 71.1 Å². The molecular weight excluding hydrogens is 892 g/mol. The van der Waals surface area contributed by atoms with Crippen molar-refractivity contribution in [2.75, 3.05) is 55.6 Å². The Kier molecular flexibility index (Phi) is 17.5. The van der Waals surface area contributed by atoms with Gasteiger partial charge in [0.1, 0.15) is 6.54 Å². The van der Waals surface area contributed by atoms with Crippen LogP contribution >= 0.6 is 23.8 Å². The van der Waals surface area contributed by atoms with E-state index < -0.39 is 32.6 Å². The third-order valence-corrected chi connectivity index (χ3v) is 15.1. The van der Waals surface area contributed by atoms with Gasteiger partial charge in [0, 0.05) is 88.8 Å². The number of hydrogen-bond donors (Lipinski definition) is 0. The summed E-state index contributed by atoms with van der Waals surface area (Å²) in [5.41, 5.74) is 7.71. The minimum Gasteiger partial charge on any atom is -0.748 e. The molecule has 0 N–H and O–H groups in total. The molecule has 0 saturated heterocycles. The molecule has 4 aromatic carbocycles. The molecule has 4 aromatic rings. The number of rotatable bonds is 19. The fourth-order valence-corrected chi connectivity index (χ4v) is 11.7. The number of benzene rings is 4. The van der Waals surface area contributed by atoms with Crippen LogP contribution in [-0.4, -0.2) is 79.9 Å². The van der Waals surface area contributed by atoms with E-state index in [0.717, 1.165) is 73.6 Å². The predicted molar refractivity (Wildman–Crippen MR) is 256 cm³/mol. The third-order valence-electron chi connectivity index (χ3n) is 12.5. The number of fused-ring (bicyclic) bond motifs is 6. The molecule has 0 saturated carbocycles. The van der Waals surface area contributed by atoms with Crippen molar-refractivity contribution >= 4 is 78.5 Å². The Morgan fingerprint density at radius 1 is 0.892 bits per heavy atom. The molecule has 3 aliphatic rings. The number of nitrogens with zero attached hydrogens (tertiary/aromatic N) is 2. The number of methoxy groups -OCH3 is 1. The maximum Gasteiger partial charge on any atom is 1.00 e. The van der Waals surface area contributed by atoms with Crippen molar-refractivity contribution in [3.63, 3.8) is 0 Å². The van der Waals surface area contributed by atoms with E-state index in [1.165, 1.54) is 16.3 Å². The molecule has 1 unspecified atom stereocenters. The Morgan fingerprint density at radius 3 is 2.26 bits per heavy atom.